The van der Waals surface area contributed by atoms with Crippen LogP contribution < -0.4 is 5.48 Å². The Morgan fingerprint density at radius 3 is 3.08 bits per heavy atom. The monoisotopic (exact) mass is 167 g/mol. The summed E-state index contributed by atoms with van der Waals surface area (Å²) < 4.78 is 13.1. The van der Waals surface area contributed by atoms with E-state index < -0.39 is 0 Å². The van der Waals surface area contributed by atoms with Gasteiger partial charge in [-0.3, -0.25) is 0 Å². The summed E-state index contributed by atoms with van der Waals surface area (Å²) in [5.74, 6) is -0.162. The average molecular weight is 167 g/mol. The van der Waals surface area contributed by atoms with Crippen LogP contribution in [0.25, 0.3) is 0 Å². The molecule has 0 radical (unpaired) electrons. The van der Waals surface area contributed by atoms with Crippen molar-refractivity contribution in [2.24, 2.45) is 0 Å². The van der Waals surface area contributed by atoms with E-state index in [4.69, 9.17) is 5.21 Å². The highest BCUT2D eigenvalue weighted by Crippen LogP contribution is 2.31. The minimum absolute atomic E-state index is 0.0873. The normalized spacial score (nSPS) is 21.0. The molecule has 0 amide bonds. The van der Waals surface area contributed by atoms with Crippen molar-refractivity contribution in [2.75, 3.05) is 0 Å². The van der Waals surface area contributed by atoms with Crippen LogP contribution in [-0.4, -0.2) is 5.21 Å². The zero-order valence-electron chi connectivity index (χ0n) is 6.55. The number of halogens is 1. The second-order valence-corrected chi connectivity index (χ2v) is 3.03. The third kappa shape index (κ3) is 1.02. The van der Waals surface area contributed by atoms with Gasteiger partial charge in [0.1, 0.15) is 5.82 Å². The molecule has 0 heterocycles. The Hall–Kier alpha value is -0.930. The molecule has 1 atom stereocenters. The number of hydroxylamine groups is 1. The van der Waals surface area contributed by atoms with Crippen molar-refractivity contribution >= 4 is 0 Å². The first-order valence-electron chi connectivity index (χ1n) is 4.00. The zero-order valence-corrected chi connectivity index (χ0v) is 6.55. The third-order valence-electron chi connectivity index (χ3n) is 2.37. The van der Waals surface area contributed by atoms with Crippen molar-refractivity contribution in [2.45, 2.75) is 18.9 Å². The number of nitrogens with one attached hydrogen (secondary N) is 1. The van der Waals surface area contributed by atoms with Gasteiger partial charge < -0.3 is 5.21 Å². The molecule has 0 saturated heterocycles. The Balaban J connectivity index is 2.46. The molecule has 0 aliphatic heterocycles. The fourth-order valence-electron chi connectivity index (χ4n) is 1.74. The predicted octanol–water partition coefficient (Wildman–Crippen LogP) is 1.79. The van der Waals surface area contributed by atoms with Gasteiger partial charge in [-0.2, -0.15) is 5.48 Å². The van der Waals surface area contributed by atoms with Crippen LogP contribution in [0.5, 0.6) is 0 Å². The summed E-state index contributed by atoms with van der Waals surface area (Å²) in [6, 6.07) is 4.89. The van der Waals surface area contributed by atoms with E-state index in [1.54, 1.807) is 6.07 Å². The van der Waals surface area contributed by atoms with Crippen LogP contribution in [0, 0.1) is 5.82 Å². The lowest BCUT2D eigenvalue weighted by Gasteiger charge is -2.07. The van der Waals surface area contributed by atoms with Gasteiger partial charge in [-0.1, -0.05) is 12.1 Å². The molecular formula is C9H10FNO. The topological polar surface area (TPSA) is 32.3 Å². The van der Waals surface area contributed by atoms with Gasteiger partial charge in [0.05, 0.1) is 6.04 Å². The molecule has 1 aromatic carbocycles. The molecule has 1 aromatic rings. The summed E-state index contributed by atoms with van der Waals surface area (Å²) in [6.45, 7) is 0. The molecule has 12 heavy (non-hydrogen) atoms. The maximum atomic E-state index is 13.1. The average Bonchev–Trinajstić information content (AvgIpc) is 2.49. The van der Waals surface area contributed by atoms with Gasteiger partial charge in [-0.15, -0.1) is 0 Å². The molecule has 64 valence electrons. The van der Waals surface area contributed by atoms with E-state index >= 15 is 0 Å². The van der Waals surface area contributed by atoms with Crippen molar-refractivity contribution in [3.63, 3.8) is 0 Å². The van der Waals surface area contributed by atoms with Gasteiger partial charge in [0.25, 0.3) is 0 Å². The highest BCUT2D eigenvalue weighted by Gasteiger charge is 2.23. The van der Waals surface area contributed by atoms with Crippen LogP contribution in [0.1, 0.15) is 23.6 Å². The molecule has 1 aliphatic carbocycles. The highest BCUT2D eigenvalue weighted by atomic mass is 19.1. The number of fused-ring (bicyclic) bond motifs is 1. The van der Waals surface area contributed by atoms with E-state index in [2.05, 4.69) is 5.48 Å². The molecule has 1 aliphatic rings. The van der Waals surface area contributed by atoms with Crippen LogP contribution >= 0.6 is 0 Å². The van der Waals surface area contributed by atoms with E-state index in [0.717, 1.165) is 17.5 Å². The first-order chi connectivity index (χ1) is 5.83. The van der Waals surface area contributed by atoms with Crippen LogP contribution in [0.4, 0.5) is 4.39 Å². The van der Waals surface area contributed by atoms with Crippen molar-refractivity contribution in [1.29, 1.82) is 0 Å². The number of rotatable bonds is 1. The molecule has 1 unspecified atom stereocenters. The molecule has 0 saturated carbocycles. The molecule has 3 heteroatoms. The minimum Gasteiger partial charge on any atom is -0.316 e. The van der Waals surface area contributed by atoms with E-state index in [9.17, 15) is 4.39 Å². The lowest BCUT2D eigenvalue weighted by molar-refractivity contribution is 0.126. The summed E-state index contributed by atoms with van der Waals surface area (Å²) in [5.41, 5.74) is 3.81. The van der Waals surface area contributed by atoms with Gasteiger partial charge in [0.15, 0.2) is 0 Å². The summed E-state index contributed by atoms with van der Waals surface area (Å²) in [7, 11) is 0. The Morgan fingerprint density at radius 1 is 1.50 bits per heavy atom. The Morgan fingerprint density at radius 2 is 2.33 bits per heavy atom. The van der Waals surface area contributed by atoms with Gasteiger partial charge in [0, 0.05) is 0 Å². The first kappa shape index (κ1) is 7.71. The zero-order chi connectivity index (χ0) is 8.55. The number of hydrogen-bond donors (Lipinski definition) is 2. The molecule has 0 bridgehead atoms. The van der Waals surface area contributed by atoms with Crippen molar-refractivity contribution in [3.05, 3.63) is 35.1 Å². The molecule has 0 fully saturated rings. The Bertz CT molecular complexity index is 301. The van der Waals surface area contributed by atoms with E-state index in [1.807, 2.05) is 6.07 Å². The first-order valence-corrected chi connectivity index (χ1v) is 4.00. The Labute approximate surface area is 70.0 Å². The SMILES string of the molecule is ONC1CCc2c(F)cccc21. The second-order valence-electron chi connectivity index (χ2n) is 3.03. The van der Waals surface area contributed by atoms with Crippen molar-refractivity contribution in [3.8, 4) is 0 Å². The lowest BCUT2D eigenvalue weighted by atomic mass is 10.1. The minimum atomic E-state index is -0.162. The van der Waals surface area contributed by atoms with Crippen molar-refractivity contribution in [1.82, 2.24) is 5.48 Å². The largest absolute Gasteiger partial charge is 0.316 e. The summed E-state index contributed by atoms with van der Waals surface area (Å²) >= 11 is 0. The standard InChI is InChI=1S/C9H10FNO/c10-8-3-1-2-7-6(8)4-5-9(7)11-12/h1-3,9,11-12H,4-5H2. The smallest absolute Gasteiger partial charge is 0.126 e. The summed E-state index contributed by atoms with van der Waals surface area (Å²) in [4.78, 5) is 0. The van der Waals surface area contributed by atoms with E-state index in [-0.39, 0.29) is 11.9 Å². The van der Waals surface area contributed by atoms with E-state index in [1.165, 1.54) is 6.07 Å². The van der Waals surface area contributed by atoms with Crippen LogP contribution in [0.3, 0.4) is 0 Å². The maximum Gasteiger partial charge on any atom is 0.126 e. The van der Waals surface area contributed by atoms with Crippen molar-refractivity contribution < 1.29 is 9.60 Å². The quantitative estimate of drug-likeness (QED) is 0.625. The van der Waals surface area contributed by atoms with Crippen LogP contribution in [-0.2, 0) is 6.42 Å². The van der Waals surface area contributed by atoms with Gasteiger partial charge >= 0.3 is 0 Å². The maximum absolute atomic E-state index is 13.1. The predicted molar refractivity (Wildman–Crippen MR) is 42.4 cm³/mol. The third-order valence-corrected chi connectivity index (χ3v) is 2.37. The van der Waals surface area contributed by atoms with Crippen LogP contribution in [0.15, 0.2) is 18.2 Å². The van der Waals surface area contributed by atoms with Gasteiger partial charge in [-0.25, -0.2) is 4.39 Å². The summed E-state index contributed by atoms with van der Waals surface area (Å²) in [5, 5.41) is 8.73. The molecular weight excluding hydrogens is 157 g/mol. The number of benzene rings is 1. The fraction of sp³-hybridized carbons (Fsp3) is 0.333. The molecule has 2 rings (SSSR count). The number of hydrogen-bond acceptors (Lipinski definition) is 2. The lowest BCUT2D eigenvalue weighted by Crippen LogP contribution is -2.13. The van der Waals surface area contributed by atoms with Gasteiger partial charge in [0.2, 0.25) is 0 Å². The molecule has 2 N–H and O–H groups in total. The fourth-order valence-corrected chi connectivity index (χ4v) is 1.74. The van der Waals surface area contributed by atoms with Gasteiger partial charge in [-0.05, 0) is 30.0 Å². The molecule has 2 nitrogen and oxygen atoms in total. The van der Waals surface area contributed by atoms with E-state index in [0.29, 0.717) is 6.42 Å². The van der Waals surface area contributed by atoms with Crippen LogP contribution in [0.2, 0.25) is 0 Å². The highest BCUT2D eigenvalue weighted by molar-refractivity contribution is 5.35. The molecule has 0 aromatic heterocycles. The second kappa shape index (κ2) is 2.84. The Kier molecular flexibility index (Phi) is 1.83. The molecule has 0 spiro atoms. The summed E-state index contributed by atoms with van der Waals surface area (Å²) in [6.07, 6.45) is 1.48.